The van der Waals surface area contributed by atoms with Gasteiger partial charge in [-0.25, -0.2) is 0 Å². The molecule has 96 valence electrons. The van der Waals surface area contributed by atoms with Gasteiger partial charge in [-0.05, 0) is 24.2 Å². The summed E-state index contributed by atoms with van der Waals surface area (Å²) in [6.45, 7) is 2.99. The van der Waals surface area contributed by atoms with Gasteiger partial charge in [0.2, 0.25) is 0 Å². The largest absolute Gasteiger partial charge is 0.382 e. The summed E-state index contributed by atoms with van der Waals surface area (Å²) in [5.41, 5.74) is 6.12. The highest BCUT2D eigenvalue weighted by atomic mass is 32.2. The number of nitrogens with one attached hydrogen (secondary N) is 2. The Bertz CT molecular complexity index is 380. The summed E-state index contributed by atoms with van der Waals surface area (Å²) < 4.78 is 3.99. The zero-order valence-corrected chi connectivity index (χ0v) is 11.9. The SMILES string of the molecule is CNC(=O)c1c(N)nsc1NCCC(C)SC. The normalized spacial score (nSPS) is 12.2. The highest BCUT2D eigenvalue weighted by Gasteiger charge is 2.17. The third-order valence-corrected chi connectivity index (χ3v) is 4.27. The molecular formula is C10H18N4OS2. The number of aromatic nitrogens is 1. The molecule has 0 radical (unpaired) electrons. The topological polar surface area (TPSA) is 80.0 Å². The minimum absolute atomic E-state index is 0.198. The zero-order valence-electron chi connectivity index (χ0n) is 10.2. The number of rotatable bonds is 6. The Morgan fingerprint density at radius 3 is 2.94 bits per heavy atom. The second kappa shape index (κ2) is 6.70. The third kappa shape index (κ3) is 3.78. The number of hydrogen-bond acceptors (Lipinski definition) is 6. The molecule has 7 heteroatoms. The van der Waals surface area contributed by atoms with Crippen LogP contribution in [0.4, 0.5) is 10.8 Å². The Morgan fingerprint density at radius 1 is 1.65 bits per heavy atom. The molecule has 1 aromatic heterocycles. The number of hydrogen-bond donors (Lipinski definition) is 3. The summed E-state index contributed by atoms with van der Waals surface area (Å²) >= 11 is 3.05. The first-order valence-electron chi connectivity index (χ1n) is 5.34. The van der Waals surface area contributed by atoms with E-state index in [1.807, 2.05) is 11.8 Å². The van der Waals surface area contributed by atoms with E-state index in [0.29, 0.717) is 10.8 Å². The van der Waals surface area contributed by atoms with Gasteiger partial charge in [0.25, 0.3) is 5.91 Å². The third-order valence-electron chi connectivity index (χ3n) is 2.41. The van der Waals surface area contributed by atoms with Crippen LogP contribution in [0, 0.1) is 0 Å². The number of thioether (sulfide) groups is 1. The predicted octanol–water partition coefficient (Wildman–Crippen LogP) is 1.64. The molecule has 1 amide bonds. The van der Waals surface area contributed by atoms with E-state index in [0.717, 1.165) is 18.0 Å². The molecular weight excluding hydrogens is 256 g/mol. The van der Waals surface area contributed by atoms with E-state index >= 15 is 0 Å². The Hall–Kier alpha value is -0.950. The fourth-order valence-corrected chi connectivity index (χ4v) is 2.36. The first kappa shape index (κ1) is 14.1. The van der Waals surface area contributed by atoms with Crippen molar-refractivity contribution in [2.45, 2.75) is 18.6 Å². The Labute approximate surface area is 110 Å². The van der Waals surface area contributed by atoms with Crippen LogP contribution in [-0.4, -0.2) is 35.4 Å². The van der Waals surface area contributed by atoms with Crippen molar-refractivity contribution in [2.75, 3.05) is 30.9 Å². The molecule has 0 spiro atoms. The Morgan fingerprint density at radius 2 is 2.35 bits per heavy atom. The van der Waals surface area contributed by atoms with Crippen molar-refractivity contribution in [1.29, 1.82) is 0 Å². The van der Waals surface area contributed by atoms with Crippen LogP contribution >= 0.6 is 23.3 Å². The number of nitrogen functional groups attached to an aromatic ring is 1. The Kier molecular flexibility index (Phi) is 5.57. The summed E-state index contributed by atoms with van der Waals surface area (Å²) in [5, 5.41) is 7.12. The van der Waals surface area contributed by atoms with Gasteiger partial charge < -0.3 is 16.4 Å². The number of nitrogens with two attached hydrogens (primary N) is 1. The quantitative estimate of drug-likeness (QED) is 0.735. The first-order valence-corrected chi connectivity index (χ1v) is 7.40. The lowest BCUT2D eigenvalue weighted by Crippen LogP contribution is -2.20. The summed E-state index contributed by atoms with van der Waals surface area (Å²) in [4.78, 5) is 11.6. The molecule has 1 aromatic rings. The molecule has 1 unspecified atom stereocenters. The van der Waals surface area contributed by atoms with E-state index in [1.54, 1.807) is 7.05 Å². The molecule has 4 N–H and O–H groups in total. The first-order chi connectivity index (χ1) is 8.10. The summed E-state index contributed by atoms with van der Waals surface area (Å²) in [6, 6.07) is 0. The molecule has 17 heavy (non-hydrogen) atoms. The molecule has 1 atom stereocenters. The van der Waals surface area contributed by atoms with Crippen molar-refractivity contribution >= 4 is 40.0 Å². The molecule has 0 aromatic carbocycles. The minimum atomic E-state index is -0.198. The Balaban J connectivity index is 2.62. The van der Waals surface area contributed by atoms with E-state index in [9.17, 15) is 4.79 Å². The number of anilines is 2. The van der Waals surface area contributed by atoms with Crippen molar-refractivity contribution in [3.05, 3.63) is 5.56 Å². The van der Waals surface area contributed by atoms with Crippen molar-refractivity contribution in [3.8, 4) is 0 Å². The standard InChI is InChI=1S/C10H18N4OS2/c1-6(16-3)4-5-13-10-7(9(15)12-2)8(11)14-17-10/h6,13H,4-5H2,1-3H3,(H2,11,14)(H,12,15). The van der Waals surface area contributed by atoms with E-state index in [4.69, 9.17) is 5.73 Å². The van der Waals surface area contributed by atoms with Gasteiger partial charge in [0.15, 0.2) is 5.82 Å². The molecule has 0 aliphatic rings. The van der Waals surface area contributed by atoms with Gasteiger partial charge in [-0.1, -0.05) is 6.92 Å². The summed E-state index contributed by atoms with van der Waals surface area (Å²) in [6.07, 6.45) is 3.12. The maximum atomic E-state index is 11.6. The molecule has 0 bridgehead atoms. The van der Waals surface area contributed by atoms with Crippen LogP contribution in [0.15, 0.2) is 0 Å². The number of amides is 1. The van der Waals surface area contributed by atoms with Gasteiger partial charge in [-0.2, -0.15) is 16.1 Å². The van der Waals surface area contributed by atoms with Crippen LogP contribution in [0.3, 0.4) is 0 Å². The summed E-state index contributed by atoms with van der Waals surface area (Å²) in [7, 11) is 1.58. The van der Waals surface area contributed by atoms with Crippen LogP contribution in [0.2, 0.25) is 0 Å². The van der Waals surface area contributed by atoms with Gasteiger partial charge in [0, 0.05) is 18.8 Å². The van der Waals surface area contributed by atoms with Crippen LogP contribution < -0.4 is 16.4 Å². The van der Waals surface area contributed by atoms with Crippen LogP contribution in [-0.2, 0) is 0 Å². The summed E-state index contributed by atoms with van der Waals surface area (Å²) in [5.74, 6) is 0.0893. The maximum Gasteiger partial charge on any atom is 0.257 e. The second-order valence-corrected chi connectivity index (χ2v) is 5.66. The van der Waals surface area contributed by atoms with Crippen LogP contribution in [0.25, 0.3) is 0 Å². The van der Waals surface area contributed by atoms with Crippen molar-refractivity contribution in [3.63, 3.8) is 0 Å². The van der Waals surface area contributed by atoms with Crippen LogP contribution in [0.5, 0.6) is 0 Å². The highest BCUT2D eigenvalue weighted by Crippen LogP contribution is 2.26. The zero-order chi connectivity index (χ0) is 12.8. The van der Waals surface area contributed by atoms with Crippen LogP contribution in [0.1, 0.15) is 23.7 Å². The van der Waals surface area contributed by atoms with Gasteiger partial charge in [0.05, 0.1) is 0 Å². The smallest absolute Gasteiger partial charge is 0.257 e. The van der Waals surface area contributed by atoms with Crippen molar-refractivity contribution < 1.29 is 4.79 Å². The van der Waals surface area contributed by atoms with Gasteiger partial charge in [0.1, 0.15) is 10.6 Å². The molecule has 0 aliphatic carbocycles. The average Bonchev–Trinajstić information content (AvgIpc) is 2.69. The van der Waals surface area contributed by atoms with Gasteiger partial charge in [-0.15, -0.1) is 0 Å². The van der Waals surface area contributed by atoms with Crippen molar-refractivity contribution in [2.24, 2.45) is 0 Å². The van der Waals surface area contributed by atoms with E-state index in [1.165, 1.54) is 11.5 Å². The van der Waals surface area contributed by atoms with E-state index < -0.39 is 0 Å². The van der Waals surface area contributed by atoms with E-state index in [-0.39, 0.29) is 11.7 Å². The maximum absolute atomic E-state index is 11.6. The molecule has 0 aliphatic heterocycles. The van der Waals surface area contributed by atoms with Gasteiger partial charge >= 0.3 is 0 Å². The lowest BCUT2D eigenvalue weighted by Gasteiger charge is -2.09. The highest BCUT2D eigenvalue weighted by molar-refractivity contribution is 7.99. The fourth-order valence-electron chi connectivity index (χ4n) is 1.27. The fraction of sp³-hybridized carbons (Fsp3) is 0.600. The van der Waals surface area contributed by atoms with E-state index in [2.05, 4.69) is 28.2 Å². The molecule has 1 rings (SSSR count). The lowest BCUT2D eigenvalue weighted by molar-refractivity contribution is 0.0965. The average molecular weight is 274 g/mol. The minimum Gasteiger partial charge on any atom is -0.382 e. The van der Waals surface area contributed by atoms with Gasteiger partial charge in [-0.3, -0.25) is 4.79 Å². The molecule has 1 heterocycles. The molecule has 5 nitrogen and oxygen atoms in total. The number of nitrogens with zero attached hydrogens (tertiary/aromatic N) is 1. The monoisotopic (exact) mass is 274 g/mol. The number of carbonyl (C=O) groups excluding carboxylic acids is 1. The molecule has 0 fully saturated rings. The van der Waals surface area contributed by atoms with Crippen molar-refractivity contribution in [1.82, 2.24) is 9.69 Å². The predicted molar refractivity (Wildman–Crippen MR) is 76.0 cm³/mol. The molecule has 0 saturated carbocycles. The molecule has 0 saturated heterocycles. The second-order valence-electron chi connectivity index (χ2n) is 3.61. The number of carbonyl (C=O) groups is 1. The lowest BCUT2D eigenvalue weighted by atomic mass is 10.3.